The van der Waals surface area contributed by atoms with Crippen molar-refractivity contribution in [3.05, 3.63) is 65.4 Å². The largest absolute Gasteiger partial charge is 0.493 e. The molecule has 0 bridgehead atoms. The van der Waals surface area contributed by atoms with Crippen LogP contribution in [0, 0.1) is 0 Å². The highest BCUT2D eigenvalue weighted by atomic mass is 16.5. The Morgan fingerprint density at radius 1 is 1.00 bits per heavy atom. The minimum atomic E-state index is -0.333. The van der Waals surface area contributed by atoms with Crippen molar-refractivity contribution in [3.8, 4) is 17.2 Å². The quantitative estimate of drug-likeness (QED) is 0.655. The number of benzene rings is 1. The second-order valence-corrected chi connectivity index (χ2v) is 7.72. The predicted molar refractivity (Wildman–Crippen MR) is 116 cm³/mol. The number of methoxy groups -OCH3 is 3. The monoisotopic (exact) mass is 433 g/mol. The fourth-order valence-electron chi connectivity index (χ4n) is 4.58. The SMILES string of the molecule is COc1cc(C2CC(=O)C3=C(C2)Nc2ncnn2C3c2ccncc2)cc(OC)c1OC. The Labute approximate surface area is 185 Å². The smallest absolute Gasteiger partial charge is 0.226 e. The average Bonchev–Trinajstić information content (AvgIpc) is 3.30. The van der Waals surface area contributed by atoms with Crippen LogP contribution < -0.4 is 19.5 Å². The van der Waals surface area contributed by atoms with E-state index in [4.69, 9.17) is 14.2 Å². The third kappa shape index (κ3) is 3.17. The number of nitrogens with one attached hydrogen (secondary N) is 1. The maximum Gasteiger partial charge on any atom is 0.226 e. The maximum atomic E-state index is 13.5. The number of Topliss-reactive ketones (excluding diaryl/α,β-unsaturated/α-hetero) is 1. The van der Waals surface area contributed by atoms with Gasteiger partial charge in [0.15, 0.2) is 17.3 Å². The summed E-state index contributed by atoms with van der Waals surface area (Å²) in [5.74, 6) is 2.31. The number of fused-ring (bicyclic) bond motifs is 1. The Morgan fingerprint density at radius 3 is 2.38 bits per heavy atom. The van der Waals surface area contributed by atoms with E-state index in [0.29, 0.717) is 36.0 Å². The van der Waals surface area contributed by atoms with Crippen LogP contribution in [0.4, 0.5) is 5.95 Å². The molecule has 2 unspecified atom stereocenters. The van der Waals surface area contributed by atoms with Gasteiger partial charge in [-0.3, -0.25) is 9.78 Å². The van der Waals surface area contributed by atoms with E-state index in [1.807, 2.05) is 24.3 Å². The van der Waals surface area contributed by atoms with E-state index in [0.717, 1.165) is 22.4 Å². The second kappa shape index (κ2) is 7.99. The number of nitrogens with zero attached hydrogens (tertiary/aromatic N) is 4. The summed E-state index contributed by atoms with van der Waals surface area (Å²) in [7, 11) is 4.74. The van der Waals surface area contributed by atoms with Crippen molar-refractivity contribution in [2.75, 3.05) is 26.6 Å². The lowest BCUT2D eigenvalue weighted by Gasteiger charge is -2.35. The van der Waals surface area contributed by atoms with Gasteiger partial charge in [0.25, 0.3) is 0 Å². The molecule has 0 saturated heterocycles. The summed E-state index contributed by atoms with van der Waals surface area (Å²) >= 11 is 0. The van der Waals surface area contributed by atoms with Gasteiger partial charge in [-0.1, -0.05) is 0 Å². The number of allylic oxidation sites excluding steroid dienone is 2. The molecule has 3 aromatic rings. The van der Waals surface area contributed by atoms with Crippen molar-refractivity contribution in [1.29, 1.82) is 0 Å². The van der Waals surface area contributed by atoms with E-state index in [1.165, 1.54) is 6.33 Å². The number of pyridine rings is 1. The second-order valence-electron chi connectivity index (χ2n) is 7.72. The van der Waals surface area contributed by atoms with Crippen molar-refractivity contribution < 1.29 is 19.0 Å². The maximum absolute atomic E-state index is 13.5. The Bertz CT molecular complexity index is 1180. The Kier molecular flexibility index (Phi) is 5.01. The number of carbonyl (C=O) groups excluding carboxylic acids is 1. The molecular weight excluding hydrogens is 410 g/mol. The predicted octanol–water partition coefficient (Wildman–Crippen LogP) is 3.11. The number of ether oxygens (including phenoxy) is 3. The molecule has 164 valence electrons. The van der Waals surface area contributed by atoms with Crippen LogP contribution >= 0.6 is 0 Å². The fraction of sp³-hybridized carbons (Fsp3) is 0.304. The van der Waals surface area contributed by atoms with Gasteiger partial charge in [0.1, 0.15) is 12.4 Å². The summed E-state index contributed by atoms with van der Waals surface area (Å²) in [5.41, 5.74) is 3.48. The molecule has 0 amide bonds. The van der Waals surface area contributed by atoms with Crippen molar-refractivity contribution >= 4 is 11.7 Å². The minimum Gasteiger partial charge on any atom is -0.493 e. The first-order valence-corrected chi connectivity index (χ1v) is 10.3. The van der Waals surface area contributed by atoms with Crippen LogP contribution in [-0.4, -0.2) is 46.9 Å². The zero-order chi connectivity index (χ0) is 22.2. The molecule has 0 fully saturated rings. The molecule has 2 aromatic heterocycles. The van der Waals surface area contributed by atoms with Gasteiger partial charge in [-0.25, -0.2) is 4.68 Å². The fourth-order valence-corrected chi connectivity index (χ4v) is 4.58. The van der Waals surface area contributed by atoms with Crippen LogP contribution in [0.5, 0.6) is 17.2 Å². The number of ketones is 1. The van der Waals surface area contributed by atoms with Crippen LogP contribution in [0.15, 0.2) is 54.3 Å². The molecule has 3 heterocycles. The molecule has 0 spiro atoms. The minimum absolute atomic E-state index is 0.0463. The van der Waals surface area contributed by atoms with E-state index >= 15 is 0 Å². The highest BCUT2D eigenvalue weighted by Crippen LogP contribution is 2.46. The van der Waals surface area contributed by atoms with Crippen LogP contribution in [0.3, 0.4) is 0 Å². The summed E-state index contributed by atoms with van der Waals surface area (Å²) in [6, 6.07) is 7.31. The van der Waals surface area contributed by atoms with E-state index in [-0.39, 0.29) is 17.7 Å². The summed E-state index contributed by atoms with van der Waals surface area (Å²) in [6.45, 7) is 0. The zero-order valence-corrected chi connectivity index (χ0v) is 18.0. The van der Waals surface area contributed by atoms with Crippen molar-refractivity contribution in [2.45, 2.75) is 24.8 Å². The highest BCUT2D eigenvalue weighted by Gasteiger charge is 2.39. The first-order chi connectivity index (χ1) is 15.6. The Morgan fingerprint density at radius 2 is 1.72 bits per heavy atom. The van der Waals surface area contributed by atoms with Gasteiger partial charge < -0.3 is 19.5 Å². The Balaban J connectivity index is 1.57. The van der Waals surface area contributed by atoms with Gasteiger partial charge in [0.05, 0.1) is 21.3 Å². The third-order valence-electron chi connectivity index (χ3n) is 6.04. The van der Waals surface area contributed by atoms with Crippen molar-refractivity contribution in [2.24, 2.45) is 0 Å². The Hall–Kier alpha value is -3.88. The van der Waals surface area contributed by atoms with Crippen molar-refractivity contribution in [3.63, 3.8) is 0 Å². The number of hydrogen-bond acceptors (Lipinski definition) is 8. The van der Waals surface area contributed by atoms with Gasteiger partial charge in [0.2, 0.25) is 11.7 Å². The molecule has 0 saturated carbocycles. The van der Waals surface area contributed by atoms with Gasteiger partial charge >= 0.3 is 0 Å². The number of hydrogen-bond donors (Lipinski definition) is 1. The lowest BCUT2D eigenvalue weighted by atomic mass is 9.78. The molecule has 1 aliphatic carbocycles. The van der Waals surface area contributed by atoms with E-state index in [2.05, 4.69) is 20.4 Å². The topological polar surface area (TPSA) is 100 Å². The molecule has 9 heteroatoms. The molecule has 32 heavy (non-hydrogen) atoms. The summed E-state index contributed by atoms with van der Waals surface area (Å²) < 4.78 is 18.2. The van der Waals surface area contributed by atoms with E-state index in [1.54, 1.807) is 38.4 Å². The van der Waals surface area contributed by atoms with Crippen LogP contribution in [0.2, 0.25) is 0 Å². The van der Waals surface area contributed by atoms with E-state index in [9.17, 15) is 4.79 Å². The number of anilines is 1. The van der Waals surface area contributed by atoms with Gasteiger partial charge in [-0.05, 0) is 47.7 Å². The highest BCUT2D eigenvalue weighted by molar-refractivity contribution is 6.00. The lowest BCUT2D eigenvalue weighted by molar-refractivity contribution is -0.116. The van der Waals surface area contributed by atoms with Gasteiger partial charge in [0, 0.05) is 30.1 Å². The summed E-state index contributed by atoms with van der Waals surface area (Å²) in [5, 5.41) is 7.70. The number of carbonyl (C=O) groups is 1. The standard InChI is InChI=1S/C23H23N5O4/c1-30-18-10-15(11-19(31-2)22(18)32-3)14-8-16-20(17(29)9-14)21(13-4-6-24-7-5-13)28-23(27-16)25-12-26-28/h4-7,10-12,14,21H,8-9H2,1-3H3,(H,25,26,27). The van der Waals surface area contributed by atoms with Crippen LogP contribution in [0.25, 0.3) is 0 Å². The molecule has 1 aliphatic heterocycles. The molecule has 9 nitrogen and oxygen atoms in total. The molecule has 1 N–H and O–H groups in total. The molecule has 5 rings (SSSR count). The zero-order valence-electron chi connectivity index (χ0n) is 18.0. The molecule has 2 atom stereocenters. The molecular formula is C23H23N5O4. The van der Waals surface area contributed by atoms with Gasteiger partial charge in [-0.15, -0.1) is 0 Å². The first-order valence-electron chi connectivity index (χ1n) is 10.3. The van der Waals surface area contributed by atoms with Crippen LogP contribution in [-0.2, 0) is 4.79 Å². The molecule has 1 aromatic carbocycles. The molecule has 0 radical (unpaired) electrons. The first kappa shape index (κ1) is 20.0. The normalized spacial score (nSPS) is 19.7. The lowest BCUT2D eigenvalue weighted by Crippen LogP contribution is -2.33. The number of rotatable bonds is 5. The third-order valence-corrected chi connectivity index (χ3v) is 6.04. The van der Waals surface area contributed by atoms with Gasteiger partial charge in [-0.2, -0.15) is 10.1 Å². The number of aromatic nitrogens is 4. The summed E-state index contributed by atoms with van der Waals surface area (Å²) in [6.07, 6.45) is 5.95. The average molecular weight is 433 g/mol. The van der Waals surface area contributed by atoms with E-state index < -0.39 is 0 Å². The molecule has 2 aliphatic rings. The van der Waals surface area contributed by atoms with Crippen molar-refractivity contribution in [1.82, 2.24) is 19.7 Å². The summed E-state index contributed by atoms with van der Waals surface area (Å²) in [4.78, 5) is 22.0. The van der Waals surface area contributed by atoms with Crippen LogP contribution in [0.1, 0.15) is 35.9 Å².